The van der Waals surface area contributed by atoms with Gasteiger partial charge in [0.25, 0.3) is 11.8 Å². The first-order valence-corrected chi connectivity index (χ1v) is 10.6. The molecule has 30 heavy (non-hydrogen) atoms. The largest absolute Gasteiger partial charge is 0.444 e. The normalized spacial score (nSPS) is 14.8. The highest BCUT2D eigenvalue weighted by atomic mass is 32.1. The van der Waals surface area contributed by atoms with Gasteiger partial charge in [-0.05, 0) is 45.7 Å². The number of hydrazine groups is 1. The third kappa shape index (κ3) is 5.76. The molecule has 2 aromatic heterocycles. The first-order chi connectivity index (χ1) is 14.2. The van der Waals surface area contributed by atoms with Gasteiger partial charge in [0, 0.05) is 30.6 Å². The Labute approximate surface area is 178 Å². The smallest absolute Gasteiger partial charge is 0.410 e. The van der Waals surface area contributed by atoms with Crippen molar-refractivity contribution in [2.75, 3.05) is 13.1 Å². The van der Waals surface area contributed by atoms with Crippen molar-refractivity contribution in [3.63, 3.8) is 0 Å². The van der Waals surface area contributed by atoms with Gasteiger partial charge in [-0.2, -0.15) is 0 Å². The fourth-order valence-corrected chi connectivity index (χ4v) is 3.92. The van der Waals surface area contributed by atoms with Gasteiger partial charge in [0.05, 0.1) is 5.01 Å². The van der Waals surface area contributed by atoms with Crippen LogP contribution in [-0.2, 0) is 4.74 Å². The summed E-state index contributed by atoms with van der Waals surface area (Å²) in [6.45, 7) is 6.71. The Hall–Kier alpha value is -3.01. The van der Waals surface area contributed by atoms with Gasteiger partial charge >= 0.3 is 6.09 Å². The maximum atomic E-state index is 12.3. The monoisotopic (exact) mass is 431 g/mol. The zero-order chi connectivity index (χ0) is 21.7. The van der Waals surface area contributed by atoms with Crippen LogP contribution in [0, 0.1) is 0 Å². The molecule has 2 N–H and O–H groups in total. The summed E-state index contributed by atoms with van der Waals surface area (Å²) in [4.78, 5) is 46.5. The molecule has 1 aliphatic heterocycles. The second-order valence-corrected chi connectivity index (χ2v) is 8.83. The van der Waals surface area contributed by atoms with Crippen molar-refractivity contribution < 1.29 is 19.1 Å². The molecule has 0 aromatic carbocycles. The topological polar surface area (TPSA) is 114 Å². The lowest BCUT2D eigenvalue weighted by atomic mass is 9.98. The van der Waals surface area contributed by atoms with Crippen LogP contribution in [0.4, 0.5) is 4.79 Å². The van der Waals surface area contributed by atoms with Gasteiger partial charge in [-0.3, -0.25) is 25.4 Å². The third-order valence-corrected chi connectivity index (χ3v) is 5.44. The molecule has 2 aromatic rings. The van der Waals surface area contributed by atoms with Crippen LogP contribution in [0.3, 0.4) is 0 Å². The highest BCUT2D eigenvalue weighted by Crippen LogP contribution is 2.30. The standard InChI is InChI=1S/C20H25N5O4S/c1-20(2,3)29-19(28)25-10-7-13(8-11-25)18-22-15(12-30-18)17(27)24-23-16(26)14-6-4-5-9-21-14/h4-6,9,12-13H,7-8,10-11H2,1-3H3,(H,23,26)(H,24,27). The molecular weight excluding hydrogens is 406 g/mol. The van der Waals surface area contributed by atoms with Crippen LogP contribution in [-0.4, -0.2) is 51.5 Å². The van der Waals surface area contributed by atoms with E-state index in [0.717, 1.165) is 17.8 Å². The number of hydrogen-bond donors (Lipinski definition) is 2. The van der Waals surface area contributed by atoms with Crippen LogP contribution in [0.1, 0.15) is 65.5 Å². The molecule has 9 nitrogen and oxygen atoms in total. The molecule has 0 bridgehead atoms. The highest BCUT2D eigenvalue weighted by Gasteiger charge is 2.29. The average molecular weight is 432 g/mol. The molecule has 160 valence electrons. The minimum absolute atomic E-state index is 0.179. The summed E-state index contributed by atoms with van der Waals surface area (Å²) >= 11 is 1.40. The summed E-state index contributed by atoms with van der Waals surface area (Å²) in [5.41, 5.74) is 4.61. The van der Waals surface area contributed by atoms with Gasteiger partial charge < -0.3 is 9.64 Å². The van der Waals surface area contributed by atoms with E-state index in [4.69, 9.17) is 4.74 Å². The Kier molecular flexibility index (Phi) is 6.66. The summed E-state index contributed by atoms with van der Waals surface area (Å²) in [5, 5.41) is 2.51. The van der Waals surface area contributed by atoms with Crippen LogP contribution in [0.15, 0.2) is 29.8 Å². The van der Waals surface area contributed by atoms with Crippen LogP contribution < -0.4 is 10.9 Å². The fraction of sp³-hybridized carbons (Fsp3) is 0.450. The second kappa shape index (κ2) is 9.21. The van der Waals surface area contributed by atoms with E-state index in [9.17, 15) is 14.4 Å². The number of thiazole rings is 1. The minimum atomic E-state index is -0.516. The Morgan fingerprint density at radius 2 is 1.77 bits per heavy atom. The van der Waals surface area contributed by atoms with E-state index >= 15 is 0 Å². The van der Waals surface area contributed by atoms with Gasteiger partial charge in [-0.25, -0.2) is 9.78 Å². The number of nitrogens with one attached hydrogen (secondary N) is 2. The van der Waals surface area contributed by atoms with E-state index in [-0.39, 0.29) is 23.4 Å². The fourth-order valence-electron chi connectivity index (χ4n) is 2.95. The van der Waals surface area contributed by atoms with Crippen molar-refractivity contribution in [3.8, 4) is 0 Å². The van der Waals surface area contributed by atoms with Crippen molar-refractivity contribution in [2.24, 2.45) is 0 Å². The second-order valence-electron chi connectivity index (χ2n) is 7.94. The van der Waals surface area contributed by atoms with E-state index in [1.165, 1.54) is 17.5 Å². The van der Waals surface area contributed by atoms with Crippen molar-refractivity contribution >= 4 is 29.2 Å². The van der Waals surface area contributed by atoms with Crippen molar-refractivity contribution in [2.45, 2.75) is 45.1 Å². The number of hydrogen-bond acceptors (Lipinski definition) is 7. The Bertz CT molecular complexity index is 901. The molecule has 0 radical (unpaired) electrons. The van der Waals surface area contributed by atoms with E-state index in [1.807, 2.05) is 20.8 Å². The first kappa shape index (κ1) is 21.7. The number of nitrogens with zero attached hydrogens (tertiary/aromatic N) is 3. The summed E-state index contributed by atoms with van der Waals surface area (Å²) in [5.74, 6) is -0.819. The molecule has 10 heteroatoms. The predicted molar refractivity (Wildman–Crippen MR) is 111 cm³/mol. The lowest BCUT2D eigenvalue weighted by Gasteiger charge is -2.32. The Morgan fingerprint density at radius 1 is 1.10 bits per heavy atom. The highest BCUT2D eigenvalue weighted by molar-refractivity contribution is 7.09. The Morgan fingerprint density at radius 3 is 2.37 bits per heavy atom. The quantitative estimate of drug-likeness (QED) is 0.723. The number of amides is 3. The molecule has 0 atom stereocenters. The molecule has 1 fully saturated rings. The number of ether oxygens (including phenoxy) is 1. The maximum Gasteiger partial charge on any atom is 0.410 e. The number of pyridine rings is 1. The van der Waals surface area contributed by atoms with E-state index < -0.39 is 17.4 Å². The molecule has 3 heterocycles. The molecule has 0 unspecified atom stereocenters. The zero-order valence-electron chi connectivity index (χ0n) is 17.2. The SMILES string of the molecule is CC(C)(C)OC(=O)N1CCC(c2nc(C(=O)NNC(=O)c3ccccn3)cs2)CC1. The first-order valence-electron chi connectivity index (χ1n) is 9.68. The molecule has 3 amide bonds. The maximum absolute atomic E-state index is 12.3. The van der Waals surface area contributed by atoms with Gasteiger partial charge in [0.1, 0.15) is 17.0 Å². The van der Waals surface area contributed by atoms with E-state index in [1.54, 1.807) is 28.5 Å². The van der Waals surface area contributed by atoms with E-state index in [2.05, 4.69) is 20.8 Å². The van der Waals surface area contributed by atoms with Crippen molar-refractivity contribution in [1.82, 2.24) is 25.7 Å². The molecule has 0 saturated carbocycles. The lowest BCUT2D eigenvalue weighted by Crippen LogP contribution is -2.42. The predicted octanol–water partition coefficient (Wildman–Crippen LogP) is 2.73. The summed E-state index contributed by atoms with van der Waals surface area (Å²) in [7, 11) is 0. The lowest BCUT2D eigenvalue weighted by molar-refractivity contribution is 0.0204. The van der Waals surface area contributed by atoms with Crippen LogP contribution in [0.2, 0.25) is 0 Å². The number of carbonyl (C=O) groups is 3. The summed E-state index contributed by atoms with van der Waals surface area (Å²) < 4.78 is 5.41. The van der Waals surface area contributed by atoms with Gasteiger partial charge in [-0.15, -0.1) is 11.3 Å². The van der Waals surface area contributed by atoms with Crippen molar-refractivity contribution in [3.05, 3.63) is 46.2 Å². The molecule has 3 rings (SSSR count). The van der Waals surface area contributed by atoms with Crippen molar-refractivity contribution in [1.29, 1.82) is 0 Å². The van der Waals surface area contributed by atoms with Crippen LogP contribution in [0.25, 0.3) is 0 Å². The molecule has 1 aliphatic rings. The van der Waals surface area contributed by atoms with E-state index in [0.29, 0.717) is 13.1 Å². The number of likely N-dealkylation sites (tertiary alicyclic amines) is 1. The number of carbonyl (C=O) groups excluding carboxylic acids is 3. The molecule has 0 aliphatic carbocycles. The average Bonchev–Trinajstić information content (AvgIpc) is 3.21. The van der Waals surface area contributed by atoms with Gasteiger partial charge in [0.15, 0.2) is 0 Å². The number of rotatable bonds is 3. The summed E-state index contributed by atoms with van der Waals surface area (Å²) in [6.07, 6.45) is 2.70. The van der Waals surface area contributed by atoms with Gasteiger partial charge in [0.2, 0.25) is 0 Å². The van der Waals surface area contributed by atoms with Crippen LogP contribution in [0.5, 0.6) is 0 Å². The Balaban J connectivity index is 1.50. The number of piperidine rings is 1. The molecular formula is C20H25N5O4S. The third-order valence-electron chi connectivity index (χ3n) is 4.44. The number of aromatic nitrogens is 2. The van der Waals surface area contributed by atoms with Crippen LogP contribution >= 0.6 is 11.3 Å². The molecule has 0 spiro atoms. The molecule has 1 saturated heterocycles. The van der Waals surface area contributed by atoms with Gasteiger partial charge in [-0.1, -0.05) is 6.07 Å². The minimum Gasteiger partial charge on any atom is -0.444 e. The zero-order valence-corrected chi connectivity index (χ0v) is 18.0. The summed E-state index contributed by atoms with van der Waals surface area (Å²) in [6, 6.07) is 4.93.